The van der Waals surface area contributed by atoms with E-state index in [1.54, 1.807) is 7.11 Å². The number of hydrogen-bond donors (Lipinski definition) is 1. The molecule has 4 heteroatoms. The molecular formula is C22H27N3O. The second kappa shape index (κ2) is 7.14. The summed E-state index contributed by atoms with van der Waals surface area (Å²) < 4.78 is 5.37. The Balaban J connectivity index is 1.82. The van der Waals surface area contributed by atoms with E-state index in [-0.39, 0.29) is 6.04 Å². The maximum absolute atomic E-state index is 5.37. The van der Waals surface area contributed by atoms with E-state index in [2.05, 4.69) is 77.3 Å². The molecule has 2 heterocycles. The fourth-order valence-corrected chi connectivity index (χ4v) is 4.08. The van der Waals surface area contributed by atoms with E-state index < -0.39 is 0 Å². The second-order valence-corrected chi connectivity index (χ2v) is 7.22. The number of para-hydroxylation sites is 1. The minimum Gasteiger partial charge on any atom is -0.497 e. The van der Waals surface area contributed by atoms with E-state index in [1.807, 2.05) is 0 Å². The van der Waals surface area contributed by atoms with E-state index in [0.29, 0.717) is 0 Å². The van der Waals surface area contributed by atoms with Gasteiger partial charge in [-0.2, -0.15) is 0 Å². The summed E-state index contributed by atoms with van der Waals surface area (Å²) in [7, 11) is 3.92. The van der Waals surface area contributed by atoms with Crippen molar-refractivity contribution >= 4 is 10.9 Å². The number of H-pyrrole nitrogens is 1. The Morgan fingerprint density at radius 3 is 2.35 bits per heavy atom. The van der Waals surface area contributed by atoms with Crippen molar-refractivity contribution < 1.29 is 4.74 Å². The van der Waals surface area contributed by atoms with Crippen LogP contribution < -0.4 is 4.74 Å². The molecule has 0 spiro atoms. The average Bonchev–Trinajstić information content (AvgIpc) is 3.00. The lowest BCUT2D eigenvalue weighted by Crippen LogP contribution is -2.46. The molecule has 0 saturated carbocycles. The molecule has 136 valence electrons. The Bertz CT molecular complexity index is 876. The SMILES string of the molecule is COc1ccc([C@@H](c2c(C)[nH]c3ccccc23)N2CCN(C)CC2)cc1. The number of nitrogens with zero attached hydrogens (tertiary/aromatic N) is 2. The molecule has 1 fully saturated rings. The number of likely N-dealkylation sites (N-methyl/N-ethyl adjacent to an activating group) is 1. The highest BCUT2D eigenvalue weighted by atomic mass is 16.5. The van der Waals surface area contributed by atoms with Gasteiger partial charge in [0.2, 0.25) is 0 Å². The molecular weight excluding hydrogens is 322 g/mol. The van der Waals surface area contributed by atoms with E-state index in [0.717, 1.165) is 31.9 Å². The van der Waals surface area contributed by atoms with Gasteiger partial charge in [0.05, 0.1) is 13.2 Å². The van der Waals surface area contributed by atoms with Crippen LogP contribution in [0.4, 0.5) is 0 Å². The summed E-state index contributed by atoms with van der Waals surface area (Å²) in [5.41, 5.74) is 5.19. The molecule has 2 aromatic carbocycles. The van der Waals surface area contributed by atoms with Gasteiger partial charge in [-0.1, -0.05) is 30.3 Å². The molecule has 1 saturated heterocycles. The molecule has 4 rings (SSSR count). The third-order valence-electron chi connectivity index (χ3n) is 5.55. The van der Waals surface area contributed by atoms with Gasteiger partial charge >= 0.3 is 0 Å². The number of piperazine rings is 1. The molecule has 1 aliphatic rings. The van der Waals surface area contributed by atoms with Gasteiger partial charge in [0.15, 0.2) is 0 Å². The molecule has 1 N–H and O–H groups in total. The van der Waals surface area contributed by atoms with Crippen molar-refractivity contribution in [1.82, 2.24) is 14.8 Å². The lowest BCUT2D eigenvalue weighted by atomic mass is 9.94. The predicted molar refractivity (Wildman–Crippen MR) is 107 cm³/mol. The average molecular weight is 349 g/mol. The van der Waals surface area contributed by atoms with Gasteiger partial charge in [-0.15, -0.1) is 0 Å². The molecule has 0 unspecified atom stereocenters. The molecule has 1 atom stereocenters. The molecule has 0 aliphatic carbocycles. The molecule has 0 amide bonds. The summed E-state index contributed by atoms with van der Waals surface area (Å²) in [6.07, 6.45) is 0. The third kappa shape index (κ3) is 3.11. The standard InChI is InChI=1S/C22H27N3O/c1-16-21(19-6-4-5-7-20(19)23-16)22(25-14-12-24(2)13-15-25)17-8-10-18(26-3)11-9-17/h4-11,22-23H,12-15H2,1-3H3/t22-/m0/s1. The number of hydrogen-bond acceptors (Lipinski definition) is 3. The maximum Gasteiger partial charge on any atom is 0.118 e. The van der Waals surface area contributed by atoms with Crippen LogP contribution in [-0.4, -0.2) is 55.1 Å². The summed E-state index contributed by atoms with van der Waals surface area (Å²) >= 11 is 0. The van der Waals surface area contributed by atoms with Gasteiger partial charge < -0.3 is 14.6 Å². The van der Waals surface area contributed by atoms with E-state index >= 15 is 0 Å². The molecule has 26 heavy (non-hydrogen) atoms. The number of ether oxygens (including phenoxy) is 1. The van der Waals surface area contributed by atoms with Crippen molar-refractivity contribution in [2.24, 2.45) is 0 Å². The summed E-state index contributed by atoms with van der Waals surface area (Å²) in [6, 6.07) is 17.5. The number of aromatic nitrogens is 1. The number of fused-ring (bicyclic) bond motifs is 1. The summed E-state index contributed by atoms with van der Waals surface area (Å²) in [6.45, 7) is 6.56. The van der Waals surface area contributed by atoms with Gasteiger partial charge in [0, 0.05) is 48.3 Å². The third-order valence-corrected chi connectivity index (χ3v) is 5.55. The van der Waals surface area contributed by atoms with Crippen LogP contribution >= 0.6 is 0 Å². The van der Waals surface area contributed by atoms with Crippen LogP contribution in [0.1, 0.15) is 22.9 Å². The molecule has 0 bridgehead atoms. The predicted octanol–water partition coefficient (Wildman–Crippen LogP) is 3.82. The van der Waals surface area contributed by atoms with Crippen LogP contribution in [-0.2, 0) is 0 Å². The molecule has 3 aromatic rings. The van der Waals surface area contributed by atoms with Crippen molar-refractivity contribution in [3.8, 4) is 5.75 Å². The minimum atomic E-state index is 0.255. The number of aryl methyl sites for hydroxylation is 1. The van der Waals surface area contributed by atoms with Gasteiger partial charge in [0.25, 0.3) is 0 Å². The summed E-state index contributed by atoms with van der Waals surface area (Å²) in [4.78, 5) is 8.61. The summed E-state index contributed by atoms with van der Waals surface area (Å²) in [5, 5.41) is 1.32. The molecule has 1 aliphatic heterocycles. The smallest absolute Gasteiger partial charge is 0.118 e. The largest absolute Gasteiger partial charge is 0.497 e. The molecule has 1 aromatic heterocycles. The van der Waals surface area contributed by atoms with Crippen LogP contribution in [0, 0.1) is 6.92 Å². The quantitative estimate of drug-likeness (QED) is 0.777. The molecule has 4 nitrogen and oxygen atoms in total. The lowest BCUT2D eigenvalue weighted by molar-refractivity contribution is 0.127. The van der Waals surface area contributed by atoms with Crippen molar-refractivity contribution in [1.29, 1.82) is 0 Å². The number of nitrogens with one attached hydrogen (secondary N) is 1. The first-order valence-corrected chi connectivity index (χ1v) is 9.31. The first-order valence-electron chi connectivity index (χ1n) is 9.31. The van der Waals surface area contributed by atoms with Crippen molar-refractivity contribution in [3.05, 3.63) is 65.4 Å². The first-order chi connectivity index (χ1) is 12.7. The topological polar surface area (TPSA) is 31.5 Å². The zero-order valence-electron chi connectivity index (χ0n) is 15.8. The van der Waals surface area contributed by atoms with Gasteiger partial charge in [-0.25, -0.2) is 0 Å². The number of methoxy groups -OCH3 is 1. The van der Waals surface area contributed by atoms with Crippen LogP contribution in [0.2, 0.25) is 0 Å². The van der Waals surface area contributed by atoms with Crippen molar-refractivity contribution in [3.63, 3.8) is 0 Å². The van der Waals surface area contributed by atoms with Gasteiger partial charge in [0.1, 0.15) is 5.75 Å². The van der Waals surface area contributed by atoms with Crippen LogP contribution in [0.3, 0.4) is 0 Å². The number of aromatic amines is 1. The van der Waals surface area contributed by atoms with Crippen molar-refractivity contribution in [2.45, 2.75) is 13.0 Å². The van der Waals surface area contributed by atoms with E-state index in [4.69, 9.17) is 4.74 Å². The zero-order valence-corrected chi connectivity index (χ0v) is 15.8. The maximum atomic E-state index is 5.37. The molecule has 0 radical (unpaired) electrons. The Morgan fingerprint density at radius 2 is 1.65 bits per heavy atom. The van der Waals surface area contributed by atoms with E-state index in [1.165, 1.54) is 27.7 Å². The Hall–Kier alpha value is -2.30. The Morgan fingerprint density at radius 1 is 0.962 bits per heavy atom. The fraction of sp³-hybridized carbons (Fsp3) is 0.364. The Kier molecular flexibility index (Phi) is 4.70. The highest BCUT2D eigenvalue weighted by Gasteiger charge is 2.28. The normalized spacial score (nSPS) is 17.5. The van der Waals surface area contributed by atoms with Crippen LogP contribution in [0.25, 0.3) is 10.9 Å². The Labute approximate surface area is 155 Å². The van der Waals surface area contributed by atoms with Crippen LogP contribution in [0.15, 0.2) is 48.5 Å². The second-order valence-electron chi connectivity index (χ2n) is 7.22. The van der Waals surface area contributed by atoms with E-state index in [9.17, 15) is 0 Å². The lowest BCUT2D eigenvalue weighted by Gasteiger charge is -2.38. The van der Waals surface area contributed by atoms with Gasteiger partial charge in [-0.3, -0.25) is 4.90 Å². The highest BCUT2D eigenvalue weighted by molar-refractivity contribution is 5.85. The van der Waals surface area contributed by atoms with Crippen LogP contribution in [0.5, 0.6) is 5.75 Å². The van der Waals surface area contributed by atoms with Crippen molar-refractivity contribution in [2.75, 3.05) is 40.3 Å². The number of rotatable bonds is 4. The first kappa shape index (κ1) is 17.1. The zero-order chi connectivity index (χ0) is 18.1. The fourth-order valence-electron chi connectivity index (χ4n) is 4.08. The monoisotopic (exact) mass is 349 g/mol. The van der Waals surface area contributed by atoms with Gasteiger partial charge in [-0.05, 0) is 37.7 Å². The minimum absolute atomic E-state index is 0.255. The highest BCUT2D eigenvalue weighted by Crippen LogP contribution is 2.37. The number of benzene rings is 2. The summed E-state index contributed by atoms with van der Waals surface area (Å²) in [5.74, 6) is 0.904.